The summed E-state index contributed by atoms with van der Waals surface area (Å²) in [6.07, 6.45) is 1.62. The summed E-state index contributed by atoms with van der Waals surface area (Å²) in [7, 11) is 3.26. The molecule has 0 bridgehead atoms. The van der Waals surface area contributed by atoms with Crippen LogP contribution in [0, 0.1) is 0 Å². The Balaban J connectivity index is 2.50. The van der Waals surface area contributed by atoms with Crippen molar-refractivity contribution in [1.29, 1.82) is 0 Å². The molecule has 4 heteroatoms. The van der Waals surface area contributed by atoms with Crippen LogP contribution in [0.15, 0.2) is 18.2 Å². The number of ether oxygens (including phenoxy) is 2. The number of hydrogen-bond acceptors (Lipinski definition) is 4. The number of nitrogens with one attached hydrogen (secondary N) is 1. The maximum Gasteiger partial charge on any atom is 0.140 e. The molecule has 1 saturated heterocycles. The van der Waals surface area contributed by atoms with Gasteiger partial charge in [-0.05, 0) is 38.9 Å². The standard InChI is InChI=1S/C15H21NO3/c1-11(17)15(6-8-16-9-7-15)13-5-4-12(18-2)10-14(13)19-3/h4-5,10,16H,6-9H2,1-3H3. The van der Waals surface area contributed by atoms with Crippen LogP contribution in [0.2, 0.25) is 0 Å². The first kappa shape index (κ1) is 13.9. The van der Waals surface area contributed by atoms with Gasteiger partial charge in [0.1, 0.15) is 17.3 Å². The van der Waals surface area contributed by atoms with E-state index in [-0.39, 0.29) is 5.78 Å². The van der Waals surface area contributed by atoms with E-state index in [1.807, 2.05) is 18.2 Å². The maximum absolute atomic E-state index is 12.2. The van der Waals surface area contributed by atoms with Crippen molar-refractivity contribution >= 4 is 5.78 Å². The van der Waals surface area contributed by atoms with Crippen molar-refractivity contribution in [2.45, 2.75) is 25.2 Å². The van der Waals surface area contributed by atoms with Crippen LogP contribution in [0.5, 0.6) is 11.5 Å². The van der Waals surface area contributed by atoms with Gasteiger partial charge in [0.2, 0.25) is 0 Å². The quantitative estimate of drug-likeness (QED) is 0.901. The first-order valence-corrected chi connectivity index (χ1v) is 6.58. The van der Waals surface area contributed by atoms with Gasteiger partial charge in [-0.3, -0.25) is 4.79 Å². The van der Waals surface area contributed by atoms with Crippen molar-refractivity contribution in [3.05, 3.63) is 23.8 Å². The highest BCUT2D eigenvalue weighted by molar-refractivity contribution is 5.89. The van der Waals surface area contributed by atoms with Crippen molar-refractivity contribution in [3.63, 3.8) is 0 Å². The Bertz CT molecular complexity index is 464. The molecule has 1 heterocycles. The van der Waals surface area contributed by atoms with E-state index in [1.54, 1.807) is 21.1 Å². The predicted molar refractivity (Wildman–Crippen MR) is 74.0 cm³/mol. The summed E-state index contributed by atoms with van der Waals surface area (Å²) in [6.45, 7) is 3.39. The van der Waals surface area contributed by atoms with Gasteiger partial charge < -0.3 is 14.8 Å². The topological polar surface area (TPSA) is 47.6 Å². The molecule has 104 valence electrons. The Hall–Kier alpha value is -1.55. The van der Waals surface area contributed by atoms with Crippen molar-refractivity contribution in [2.24, 2.45) is 0 Å². The Kier molecular flexibility index (Phi) is 4.10. The minimum atomic E-state index is -0.428. The molecule has 0 aliphatic carbocycles. The molecular formula is C15H21NO3. The van der Waals surface area contributed by atoms with Crippen LogP contribution in [-0.2, 0) is 10.2 Å². The van der Waals surface area contributed by atoms with Crippen molar-refractivity contribution in [1.82, 2.24) is 5.32 Å². The molecule has 1 N–H and O–H groups in total. The van der Waals surface area contributed by atoms with Gasteiger partial charge in [-0.15, -0.1) is 0 Å². The number of rotatable bonds is 4. The molecule has 0 aromatic heterocycles. The lowest BCUT2D eigenvalue weighted by atomic mass is 9.70. The molecule has 1 aliphatic heterocycles. The molecule has 0 radical (unpaired) electrons. The number of carbonyl (C=O) groups is 1. The third-order valence-electron chi connectivity index (χ3n) is 4.06. The Morgan fingerprint density at radius 3 is 2.42 bits per heavy atom. The second-order valence-corrected chi connectivity index (χ2v) is 4.95. The van der Waals surface area contributed by atoms with Gasteiger partial charge in [-0.25, -0.2) is 0 Å². The largest absolute Gasteiger partial charge is 0.497 e. The number of hydrogen-bond donors (Lipinski definition) is 1. The zero-order valence-corrected chi connectivity index (χ0v) is 11.8. The maximum atomic E-state index is 12.2. The van der Waals surface area contributed by atoms with Crippen LogP contribution in [0.1, 0.15) is 25.3 Å². The summed E-state index contributed by atoms with van der Waals surface area (Å²) in [6, 6.07) is 5.71. The van der Waals surface area contributed by atoms with Crippen LogP contribution < -0.4 is 14.8 Å². The summed E-state index contributed by atoms with van der Waals surface area (Å²) in [5.74, 6) is 1.68. The fourth-order valence-corrected chi connectivity index (χ4v) is 2.86. The molecule has 1 aliphatic rings. The molecule has 0 saturated carbocycles. The molecular weight excluding hydrogens is 242 g/mol. The third kappa shape index (κ3) is 2.45. The minimum Gasteiger partial charge on any atom is -0.497 e. The second kappa shape index (κ2) is 5.61. The molecule has 2 rings (SSSR count). The molecule has 4 nitrogen and oxygen atoms in total. The fraction of sp³-hybridized carbons (Fsp3) is 0.533. The highest BCUT2D eigenvalue weighted by Crippen LogP contribution is 2.41. The van der Waals surface area contributed by atoms with Gasteiger partial charge in [0.05, 0.1) is 19.6 Å². The molecule has 0 atom stereocenters. The summed E-state index contributed by atoms with van der Waals surface area (Å²) < 4.78 is 10.7. The van der Waals surface area contributed by atoms with Gasteiger partial charge in [0, 0.05) is 11.6 Å². The Labute approximate surface area is 114 Å². The number of benzene rings is 1. The zero-order chi connectivity index (χ0) is 13.9. The minimum absolute atomic E-state index is 0.206. The van der Waals surface area contributed by atoms with Crippen LogP contribution in [-0.4, -0.2) is 33.1 Å². The highest BCUT2D eigenvalue weighted by Gasteiger charge is 2.40. The van der Waals surface area contributed by atoms with Gasteiger partial charge >= 0.3 is 0 Å². The third-order valence-corrected chi connectivity index (χ3v) is 4.06. The normalized spacial score (nSPS) is 17.8. The van der Waals surface area contributed by atoms with E-state index in [1.165, 1.54) is 0 Å². The van der Waals surface area contributed by atoms with E-state index in [0.717, 1.165) is 43.0 Å². The summed E-state index contributed by atoms with van der Waals surface area (Å²) in [5.41, 5.74) is 0.549. The molecule has 0 unspecified atom stereocenters. The highest BCUT2D eigenvalue weighted by atomic mass is 16.5. The molecule has 19 heavy (non-hydrogen) atoms. The number of Topliss-reactive ketones (excluding diaryl/α,β-unsaturated/α-hetero) is 1. The van der Waals surface area contributed by atoms with Crippen molar-refractivity contribution in [3.8, 4) is 11.5 Å². The van der Waals surface area contributed by atoms with E-state index < -0.39 is 5.41 Å². The molecule has 0 amide bonds. The lowest BCUT2D eigenvalue weighted by Gasteiger charge is -2.36. The van der Waals surface area contributed by atoms with Gasteiger partial charge in [-0.1, -0.05) is 6.07 Å². The number of ketones is 1. The van der Waals surface area contributed by atoms with E-state index in [4.69, 9.17) is 9.47 Å². The van der Waals surface area contributed by atoms with Crippen molar-refractivity contribution < 1.29 is 14.3 Å². The van der Waals surface area contributed by atoms with Crippen LogP contribution in [0.3, 0.4) is 0 Å². The predicted octanol–water partition coefficient (Wildman–Crippen LogP) is 1.91. The zero-order valence-electron chi connectivity index (χ0n) is 11.8. The lowest BCUT2D eigenvalue weighted by molar-refractivity contribution is -0.123. The average molecular weight is 263 g/mol. The first-order chi connectivity index (χ1) is 9.14. The van der Waals surface area contributed by atoms with Gasteiger partial charge in [0.15, 0.2) is 0 Å². The smallest absolute Gasteiger partial charge is 0.140 e. The molecule has 1 aromatic rings. The van der Waals surface area contributed by atoms with Crippen molar-refractivity contribution in [2.75, 3.05) is 27.3 Å². The van der Waals surface area contributed by atoms with Gasteiger partial charge in [0.25, 0.3) is 0 Å². The Morgan fingerprint density at radius 2 is 1.89 bits per heavy atom. The fourth-order valence-electron chi connectivity index (χ4n) is 2.86. The van der Waals surface area contributed by atoms with E-state index in [2.05, 4.69) is 5.32 Å². The molecule has 1 fully saturated rings. The van der Waals surface area contributed by atoms with E-state index in [0.29, 0.717) is 0 Å². The molecule has 1 aromatic carbocycles. The van der Waals surface area contributed by atoms with E-state index in [9.17, 15) is 4.79 Å². The van der Waals surface area contributed by atoms with Crippen LogP contribution in [0.25, 0.3) is 0 Å². The average Bonchev–Trinajstić information content (AvgIpc) is 2.47. The monoisotopic (exact) mass is 263 g/mol. The summed E-state index contributed by atoms with van der Waals surface area (Å²) in [5, 5.41) is 3.31. The first-order valence-electron chi connectivity index (χ1n) is 6.58. The van der Waals surface area contributed by atoms with E-state index >= 15 is 0 Å². The lowest BCUT2D eigenvalue weighted by Crippen LogP contribution is -2.44. The van der Waals surface area contributed by atoms with Crippen LogP contribution >= 0.6 is 0 Å². The number of carbonyl (C=O) groups excluding carboxylic acids is 1. The second-order valence-electron chi connectivity index (χ2n) is 4.95. The Morgan fingerprint density at radius 1 is 1.21 bits per heavy atom. The molecule has 0 spiro atoms. The number of methoxy groups -OCH3 is 2. The number of piperidine rings is 1. The summed E-state index contributed by atoms with van der Waals surface area (Å²) >= 11 is 0. The van der Waals surface area contributed by atoms with Gasteiger partial charge in [-0.2, -0.15) is 0 Å². The summed E-state index contributed by atoms with van der Waals surface area (Å²) in [4.78, 5) is 12.2. The van der Waals surface area contributed by atoms with Crippen LogP contribution in [0.4, 0.5) is 0 Å². The SMILES string of the molecule is COc1ccc(C2(C(C)=O)CCNCC2)c(OC)c1.